The van der Waals surface area contributed by atoms with E-state index in [1.807, 2.05) is 11.8 Å². The third-order valence-corrected chi connectivity index (χ3v) is 5.42. The molecule has 3 atom stereocenters. The lowest BCUT2D eigenvalue weighted by Crippen LogP contribution is -2.45. The second-order valence-electron chi connectivity index (χ2n) is 6.10. The molecule has 0 aromatic rings. The first-order valence-corrected chi connectivity index (χ1v) is 9.05. The van der Waals surface area contributed by atoms with Crippen LogP contribution < -0.4 is 5.73 Å². The van der Waals surface area contributed by atoms with Crippen molar-refractivity contribution in [3.05, 3.63) is 0 Å². The smallest absolute Gasteiger partial charge is 0.232 e. The van der Waals surface area contributed by atoms with Crippen LogP contribution >= 0.6 is 24.2 Å². The Morgan fingerprint density at radius 1 is 1.38 bits per heavy atom. The van der Waals surface area contributed by atoms with Crippen LogP contribution in [0, 0.1) is 5.92 Å². The highest BCUT2D eigenvalue weighted by atomic mass is 35.5. The van der Waals surface area contributed by atoms with Crippen LogP contribution in [0.5, 0.6) is 0 Å². The first kappa shape index (κ1) is 19.1. The lowest BCUT2D eigenvalue weighted by atomic mass is 9.92. The van der Waals surface area contributed by atoms with Gasteiger partial charge in [-0.25, -0.2) is 0 Å². The molecule has 0 aromatic carbocycles. The molecular formula is C15H29ClN2O2S. The highest BCUT2D eigenvalue weighted by Crippen LogP contribution is 2.21. The summed E-state index contributed by atoms with van der Waals surface area (Å²) >= 11 is 1.72. The van der Waals surface area contributed by atoms with E-state index in [2.05, 4.69) is 0 Å². The summed E-state index contributed by atoms with van der Waals surface area (Å²) in [5, 5.41) is 0. The van der Waals surface area contributed by atoms with Gasteiger partial charge < -0.3 is 15.4 Å². The number of thioether (sulfide) groups is 1. The van der Waals surface area contributed by atoms with Crippen LogP contribution in [0.1, 0.15) is 39.0 Å². The molecule has 4 nitrogen and oxygen atoms in total. The second kappa shape index (κ2) is 9.93. The van der Waals surface area contributed by atoms with Gasteiger partial charge in [-0.05, 0) is 44.9 Å². The number of ether oxygens (including phenoxy) is 1. The Morgan fingerprint density at radius 3 is 2.86 bits per heavy atom. The molecule has 6 heteroatoms. The zero-order valence-corrected chi connectivity index (χ0v) is 14.6. The number of hydrogen-bond acceptors (Lipinski definition) is 4. The molecule has 0 bridgehead atoms. The molecule has 0 aromatic heterocycles. The van der Waals surface area contributed by atoms with Crippen LogP contribution in [0.4, 0.5) is 0 Å². The van der Waals surface area contributed by atoms with Gasteiger partial charge in [0, 0.05) is 31.5 Å². The maximum atomic E-state index is 12.2. The first-order chi connectivity index (χ1) is 9.66. The van der Waals surface area contributed by atoms with E-state index >= 15 is 0 Å². The fourth-order valence-electron chi connectivity index (χ4n) is 2.97. The number of carbonyl (C=O) groups excluding carboxylic acids is 1. The maximum absolute atomic E-state index is 12.2. The minimum Gasteiger partial charge on any atom is -0.377 e. The van der Waals surface area contributed by atoms with Crippen LogP contribution in [0.3, 0.4) is 0 Å². The number of piperidine rings is 1. The molecule has 0 spiro atoms. The van der Waals surface area contributed by atoms with E-state index in [1.54, 1.807) is 11.8 Å². The molecular weight excluding hydrogens is 308 g/mol. The minimum atomic E-state index is 0. The molecule has 2 fully saturated rings. The van der Waals surface area contributed by atoms with Gasteiger partial charge in [-0.15, -0.1) is 24.2 Å². The van der Waals surface area contributed by atoms with Gasteiger partial charge in [0.2, 0.25) is 5.91 Å². The third-order valence-electron chi connectivity index (χ3n) is 4.36. The van der Waals surface area contributed by atoms with Crippen LogP contribution in [0.2, 0.25) is 0 Å². The minimum absolute atomic E-state index is 0. The van der Waals surface area contributed by atoms with E-state index in [0.29, 0.717) is 17.8 Å². The molecule has 1 amide bonds. The van der Waals surface area contributed by atoms with Crippen molar-refractivity contribution >= 4 is 30.1 Å². The van der Waals surface area contributed by atoms with Gasteiger partial charge in [0.25, 0.3) is 0 Å². The molecule has 21 heavy (non-hydrogen) atoms. The molecule has 0 radical (unpaired) electrons. The zero-order chi connectivity index (χ0) is 14.4. The van der Waals surface area contributed by atoms with Crippen molar-refractivity contribution in [2.24, 2.45) is 11.7 Å². The Hall–Kier alpha value is 0.0300. The molecule has 2 saturated heterocycles. The summed E-state index contributed by atoms with van der Waals surface area (Å²) in [7, 11) is 0. The average molecular weight is 337 g/mol. The van der Waals surface area contributed by atoms with Crippen molar-refractivity contribution in [3.63, 3.8) is 0 Å². The summed E-state index contributed by atoms with van der Waals surface area (Å²) in [6.45, 7) is 4.69. The van der Waals surface area contributed by atoms with E-state index in [0.717, 1.165) is 44.7 Å². The highest BCUT2D eigenvalue weighted by molar-refractivity contribution is 7.99. The van der Waals surface area contributed by atoms with Crippen LogP contribution in [-0.2, 0) is 9.53 Å². The lowest BCUT2D eigenvalue weighted by molar-refractivity contribution is -0.130. The van der Waals surface area contributed by atoms with Gasteiger partial charge in [-0.1, -0.05) is 0 Å². The van der Waals surface area contributed by atoms with Crippen molar-refractivity contribution in [2.75, 3.05) is 31.2 Å². The normalized spacial score (nSPS) is 27.8. The van der Waals surface area contributed by atoms with Gasteiger partial charge in [-0.3, -0.25) is 4.79 Å². The Labute approximate surface area is 138 Å². The van der Waals surface area contributed by atoms with Gasteiger partial charge >= 0.3 is 0 Å². The Balaban J connectivity index is 0.00000220. The number of amides is 1. The van der Waals surface area contributed by atoms with Crippen molar-refractivity contribution in [3.8, 4) is 0 Å². The summed E-state index contributed by atoms with van der Waals surface area (Å²) in [6, 6.07) is 0.189. The topological polar surface area (TPSA) is 55.6 Å². The zero-order valence-electron chi connectivity index (χ0n) is 13.0. The molecule has 2 rings (SSSR count). The van der Waals surface area contributed by atoms with Crippen LogP contribution in [-0.4, -0.2) is 54.2 Å². The fraction of sp³-hybridized carbons (Fsp3) is 0.933. The summed E-state index contributed by atoms with van der Waals surface area (Å²) < 4.78 is 5.69. The largest absolute Gasteiger partial charge is 0.377 e. The Kier molecular flexibility index (Phi) is 9.02. The monoisotopic (exact) mass is 336 g/mol. The number of carbonyl (C=O) groups is 1. The molecule has 3 unspecified atom stereocenters. The van der Waals surface area contributed by atoms with Gasteiger partial charge in [0.05, 0.1) is 11.9 Å². The summed E-state index contributed by atoms with van der Waals surface area (Å²) in [5.41, 5.74) is 5.97. The number of nitrogens with zero attached hydrogens (tertiary/aromatic N) is 1. The summed E-state index contributed by atoms with van der Waals surface area (Å²) in [5.74, 6) is 2.29. The number of nitrogens with two attached hydrogens (primary N) is 1. The molecule has 2 N–H and O–H groups in total. The molecule has 0 aliphatic carbocycles. The predicted molar refractivity (Wildman–Crippen MR) is 91.1 cm³/mol. The van der Waals surface area contributed by atoms with Gasteiger partial charge in [0.1, 0.15) is 0 Å². The highest BCUT2D eigenvalue weighted by Gasteiger charge is 2.25. The van der Waals surface area contributed by atoms with E-state index in [9.17, 15) is 4.79 Å². The summed E-state index contributed by atoms with van der Waals surface area (Å²) in [6.07, 6.45) is 6.21. The van der Waals surface area contributed by atoms with Crippen LogP contribution in [0.25, 0.3) is 0 Å². The number of halogens is 1. The van der Waals surface area contributed by atoms with Crippen molar-refractivity contribution in [1.29, 1.82) is 0 Å². The van der Waals surface area contributed by atoms with E-state index in [1.165, 1.54) is 12.8 Å². The second-order valence-corrected chi connectivity index (χ2v) is 7.14. The molecule has 2 aliphatic rings. The lowest BCUT2D eigenvalue weighted by Gasteiger charge is -2.34. The number of likely N-dealkylation sites (tertiary alicyclic amines) is 1. The van der Waals surface area contributed by atoms with Gasteiger partial charge in [0.15, 0.2) is 0 Å². The average Bonchev–Trinajstić information content (AvgIpc) is 2.48. The molecule has 0 saturated carbocycles. The first-order valence-electron chi connectivity index (χ1n) is 7.89. The van der Waals surface area contributed by atoms with Crippen molar-refractivity contribution < 1.29 is 9.53 Å². The van der Waals surface area contributed by atoms with E-state index in [4.69, 9.17) is 10.5 Å². The predicted octanol–water partition coefficient (Wildman–Crippen LogP) is 2.30. The number of hydrogen-bond donors (Lipinski definition) is 1. The van der Waals surface area contributed by atoms with Crippen molar-refractivity contribution in [1.82, 2.24) is 4.90 Å². The quantitative estimate of drug-likeness (QED) is 0.837. The SMILES string of the molecule is CC(N)C1CCCN(C(=O)CSCC2CCCCO2)C1.Cl. The number of rotatable bonds is 5. The summed E-state index contributed by atoms with van der Waals surface area (Å²) in [4.78, 5) is 14.2. The molecule has 2 heterocycles. The Bertz CT molecular complexity index is 312. The molecule has 2 aliphatic heterocycles. The maximum Gasteiger partial charge on any atom is 0.232 e. The van der Waals surface area contributed by atoms with E-state index < -0.39 is 0 Å². The molecule has 124 valence electrons. The van der Waals surface area contributed by atoms with E-state index in [-0.39, 0.29) is 24.4 Å². The fourth-order valence-corrected chi connectivity index (χ4v) is 3.97. The van der Waals surface area contributed by atoms with Crippen LogP contribution in [0.15, 0.2) is 0 Å². The van der Waals surface area contributed by atoms with Gasteiger partial charge in [-0.2, -0.15) is 0 Å². The third kappa shape index (κ3) is 6.35. The Morgan fingerprint density at radius 2 is 2.19 bits per heavy atom. The van der Waals surface area contributed by atoms with Crippen molar-refractivity contribution in [2.45, 2.75) is 51.2 Å². The standard InChI is InChI=1S/C15H28N2O2S.ClH/c1-12(16)13-5-4-7-17(9-13)15(18)11-20-10-14-6-2-3-8-19-14;/h12-14H,2-11,16H2,1H3;1H.